The molecule has 0 unspecified atom stereocenters. The predicted molar refractivity (Wildman–Crippen MR) is 60.0 cm³/mol. The maximum absolute atomic E-state index is 12.3. The summed E-state index contributed by atoms with van der Waals surface area (Å²) in [5.74, 6) is 0.313. The molecule has 0 saturated carbocycles. The largest absolute Gasteiger partial charge is 0.433 e. The predicted octanol–water partition coefficient (Wildman–Crippen LogP) is 1.71. The van der Waals surface area contributed by atoms with Gasteiger partial charge in [0.05, 0.1) is 13.2 Å². The Morgan fingerprint density at radius 3 is 2.68 bits per heavy atom. The average Bonchev–Trinajstić information content (AvgIpc) is 2.31. The highest BCUT2D eigenvalue weighted by Gasteiger charge is 2.32. The maximum Gasteiger partial charge on any atom is 0.433 e. The molecule has 0 spiro atoms. The molecule has 1 aromatic heterocycles. The lowest BCUT2D eigenvalue weighted by Crippen LogP contribution is -2.47. The normalized spacial score (nSPS) is 16.3. The first-order chi connectivity index (χ1) is 8.99. The van der Waals surface area contributed by atoms with Crippen molar-refractivity contribution in [3.8, 4) is 0 Å². The van der Waals surface area contributed by atoms with Gasteiger partial charge in [-0.25, -0.2) is 0 Å². The first-order valence-electron chi connectivity index (χ1n) is 5.78. The fourth-order valence-corrected chi connectivity index (χ4v) is 1.82. The summed E-state index contributed by atoms with van der Waals surface area (Å²) in [7, 11) is 0. The van der Waals surface area contributed by atoms with Crippen LogP contribution in [-0.2, 0) is 22.3 Å². The highest BCUT2D eigenvalue weighted by molar-refractivity contribution is 5.48. The van der Waals surface area contributed by atoms with Crippen molar-refractivity contribution < 1.29 is 22.7 Å². The Balaban J connectivity index is 1.73. The molecule has 0 bridgehead atoms. The number of aromatic nitrogens is 1. The summed E-state index contributed by atoms with van der Waals surface area (Å²) in [6.07, 6.45) is -2.46. The zero-order valence-corrected chi connectivity index (χ0v) is 10.1. The number of amides is 1. The number of ether oxygens (including phenoxy) is 1. The summed E-state index contributed by atoms with van der Waals surface area (Å²) in [6, 6.07) is 2.30. The molecule has 104 valence electrons. The van der Waals surface area contributed by atoms with Gasteiger partial charge in [0, 0.05) is 25.2 Å². The minimum atomic E-state index is -4.41. The van der Waals surface area contributed by atoms with Crippen molar-refractivity contribution in [3.63, 3.8) is 0 Å². The van der Waals surface area contributed by atoms with Crippen molar-refractivity contribution in [3.05, 3.63) is 29.6 Å². The van der Waals surface area contributed by atoms with E-state index in [-0.39, 0.29) is 6.61 Å². The molecule has 1 amide bonds. The number of halogens is 3. The van der Waals surface area contributed by atoms with Crippen LogP contribution in [0.4, 0.5) is 13.2 Å². The smallest absolute Gasteiger partial charge is 0.376 e. The molecule has 1 aromatic rings. The first kappa shape index (κ1) is 13.8. The van der Waals surface area contributed by atoms with E-state index in [9.17, 15) is 18.0 Å². The third kappa shape index (κ3) is 3.66. The summed E-state index contributed by atoms with van der Waals surface area (Å²) in [5.41, 5.74) is -0.309. The number of rotatable bonds is 5. The molecule has 1 saturated heterocycles. The highest BCUT2D eigenvalue weighted by atomic mass is 19.4. The summed E-state index contributed by atoms with van der Waals surface area (Å²) >= 11 is 0. The lowest BCUT2D eigenvalue weighted by atomic mass is 10.0. The number of alkyl halides is 3. The topological polar surface area (TPSA) is 42.4 Å². The Morgan fingerprint density at radius 1 is 1.42 bits per heavy atom. The number of carbonyl (C=O) groups is 1. The molecule has 1 aliphatic rings. The van der Waals surface area contributed by atoms with Crippen LogP contribution in [0.2, 0.25) is 0 Å². The number of carbonyl (C=O) groups excluding carboxylic acids is 1. The van der Waals surface area contributed by atoms with Gasteiger partial charge in [-0.2, -0.15) is 13.2 Å². The van der Waals surface area contributed by atoms with Crippen LogP contribution in [0.3, 0.4) is 0 Å². The molecule has 1 aliphatic heterocycles. The van der Waals surface area contributed by atoms with E-state index >= 15 is 0 Å². The van der Waals surface area contributed by atoms with Gasteiger partial charge in [0.1, 0.15) is 5.69 Å². The Labute approximate surface area is 108 Å². The van der Waals surface area contributed by atoms with Crippen LogP contribution in [0.1, 0.15) is 11.3 Å². The van der Waals surface area contributed by atoms with Crippen LogP contribution in [0.25, 0.3) is 0 Å². The van der Waals surface area contributed by atoms with Crippen LogP contribution in [-0.4, -0.2) is 36.0 Å². The van der Waals surface area contributed by atoms with E-state index in [1.807, 2.05) is 0 Å². The second-order valence-corrected chi connectivity index (χ2v) is 4.49. The summed E-state index contributed by atoms with van der Waals surface area (Å²) in [5, 5.41) is 0. The van der Waals surface area contributed by atoms with Crippen LogP contribution in [0.5, 0.6) is 0 Å². The van der Waals surface area contributed by atoms with Crippen molar-refractivity contribution in [2.75, 3.05) is 19.7 Å². The van der Waals surface area contributed by atoms with Gasteiger partial charge >= 0.3 is 6.18 Å². The average molecular weight is 274 g/mol. The molecule has 2 heterocycles. The van der Waals surface area contributed by atoms with Gasteiger partial charge in [0.2, 0.25) is 6.41 Å². The molecule has 1 fully saturated rings. The van der Waals surface area contributed by atoms with Crippen molar-refractivity contribution in [1.82, 2.24) is 9.88 Å². The van der Waals surface area contributed by atoms with Gasteiger partial charge < -0.3 is 9.64 Å². The molecule has 0 aromatic carbocycles. The van der Waals surface area contributed by atoms with E-state index in [4.69, 9.17) is 4.74 Å². The van der Waals surface area contributed by atoms with E-state index in [1.165, 1.54) is 12.3 Å². The number of pyridine rings is 1. The van der Waals surface area contributed by atoms with Gasteiger partial charge in [0.15, 0.2) is 0 Å². The van der Waals surface area contributed by atoms with Crippen molar-refractivity contribution in [2.45, 2.75) is 12.8 Å². The van der Waals surface area contributed by atoms with E-state index in [0.717, 1.165) is 12.5 Å². The van der Waals surface area contributed by atoms with Crippen LogP contribution in [0, 0.1) is 5.92 Å². The molecule has 19 heavy (non-hydrogen) atoms. The molecule has 2 rings (SSSR count). The lowest BCUT2D eigenvalue weighted by molar-refractivity contribution is -0.141. The van der Waals surface area contributed by atoms with E-state index < -0.39 is 11.9 Å². The van der Waals surface area contributed by atoms with E-state index in [2.05, 4.69) is 4.98 Å². The molecule has 4 nitrogen and oxygen atoms in total. The van der Waals surface area contributed by atoms with E-state index in [1.54, 1.807) is 4.90 Å². The second kappa shape index (κ2) is 5.56. The molecular weight excluding hydrogens is 261 g/mol. The fourth-order valence-electron chi connectivity index (χ4n) is 1.82. The molecule has 0 radical (unpaired) electrons. The SMILES string of the molecule is O=CN1CC(COCc2ccc(C(F)(F)F)nc2)C1. The number of likely N-dealkylation sites (tertiary alicyclic amines) is 1. The highest BCUT2D eigenvalue weighted by Crippen LogP contribution is 2.27. The summed E-state index contributed by atoms with van der Waals surface area (Å²) < 4.78 is 42.2. The molecule has 0 atom stereocenters. The van der Waals surface area contributed by atoms with Crippen molar-refractivity contribution in [2.24, 2.45) is 5.92 Å². The zero-order valence-electron chi connectivity index (χ0n) is 10.1. The van der Waals surface area contributed by atoms with Crippen LogP contribution in [0.15, 0.2) is 18.3 Å². The minimum absolute atomic E-state index is 0.225. The monoisotopic (exact) mass is 274 g/mol. The summed E-state index contributed by atoms with van der Waals surface area (Å²) in [4.78, 5) is 15.3. The lowest BCUT2D eigenvalue weighted by Gasteiger charge is -2.35. The standard InChI is InChI=1S/C12H13F3N2O2/c13-12(14,15)11-2-1-9(3-16-11)6-19-7-10-4-17(5-10)8-18/h1-3,8,10H,4-7H2. The second-order valence-electron chi connectivity index (χ2n) is 4.49. The van der Waals surface area contributed by atoms with Gasteiger partial charge in [-0.1, -0.05) is 6.07 Å². The minimum Gasteiger partial charge on any atom is -0.376 e. The van der Waals surface area contributed by atoms with Gasteiger partial charge in [0.25, 0.3) is 0 Å². The van der Waals surface area contributed by atoms with Gasteiger partial charge in [-0.15, -0.1) is 0 Å². The first-order valence-corrected chi connectivity index (χ1v) is 5.78. The Kier molecular flexibility index (Phi) is 4.04. The Hall–Kier alpha value is -1.63. The number of nitrogens with zero attached hydrogens (tertiary/aromatic N) is 2. The van der Waals surface area contributed by atoms with Crippen molar-refractivity contribution in [1.29, 1.82) is 0 Å². The third-order valence-electron chi connectivity index (χ3n) is 2.87. The quantitative estimate of drug-likeness (QED) is 0.768. The number of hydrogen-bond acceptors (Lipinski definition) is 3. The molecule has 7 heteroatoms. The van der Waals surface area contributed by atoms with Crippen molar-refractivity contribution >= 4 is 6.41 Å². The van der Waals surface area contributed by atoms with Gasteiger partial charge in [-0.05, 0) is 11.6 Å². The molecule has 0 N–H and O–H groups in total. The van der Waals surface area contributed by atoms with Crippen LogP contribution < -0.4 is 0 Å². The Morgan fingerprint density at radius 2 is 2.16 bits per heavy atom. The molecule has 0 aliphatic carbocycles. The zero-order chi connectivity index (χ0) is 13.9. The number of hydrogen-bond donors (Lipinski definition) is 0. The fraction of sp³-hybridized carbons (Fsp3) is 0.500. The van der Waals surface area contributed by atoms with E-state index in [0.29, 0.717) is 31.2 Å². The third-order valence-corrected chi connectivity index (χ3v) is 2.87. The maximum atomic E-state index is 12.3. The van der Waals surface area contributed by atoms with Gasteiger partial charge in [-0.3, -0.25) is 9.78 Å². The van der Waals surface area contributed by atoms with Crippen LogP contribution >= 0.6 is 0 Å². The Bertz CT molecular complexity index is 428. The molecular formula is C12H13F3N2O2. The summed E-state index contributed by atoms with van der Waals surface area (Å²) in [6.45, 7) is 2.07.